The van der Waals surface area contributed by atoms with Gasteiger partial charge in [0.15, 0.2) is 6.61 Å². The van der Waals surface area contributed by atoms with Crippen molar-refractivity contribution in [3.63, 3.8) is 0 Å². The second-order valence-electron chi connectivity index (χ2n) is 6.85. The van der Waals surface area contributed by atoms with Gasteiger partial charge in [-0.15, -0.1) is 0 Å². The highest BCUT2D eigenvalue weighted by Gasteiger charge is 2.11. The zero-order valence-corrected chi connectivity index (χ0v) is 16.8. The smallest absolute Gasteiger partial charge is 0.337 e. The van der Waals surface area contributed by atoms with E-state index in [9.17, 15) is 9.59 Å². The third-order valence-electron chi connectivity index (χ3n) is 5.02. The Balaban J connectivity index is 1.47. The molecule has 6 nitrogen and oxygen atoms in total. The van der Waals surface area contributed by atoms with Crippen LogP contribution in [0, 0.1) is 0 Å². The molecule has 1 aromatic heterocycles. The van der Waals surface area contributed by atoms with Crippen molar-refractivity contribution in [2.75, 3.05) is 19.0 Å². The van der Waals surface area contributed by atoms with Crippen LogP contribution < -0.4 is 10.1 Å². The summed E-state index contributed by atoms with van der Waals surface area (Å²) in [5, 5.41) is 5.15. The first kappa shape index (κ1) is 19.5. The molecule has 152 valence electrons. The van der Waals surface area contributed by atoms with Crippen LogP contribution in [0.4, 0.5) is 5.69 Å². The van der Waals surface area contributed by atoms with Gasteiger partial charge in [-0.2, -0.15) is 0 Å². The molecular weight excluding hydrogens is 380 g/mol. The molecule has 6 heteroatoms. The lowest BCUT2D eigenvalue weighted by Crippen LogP contribution is -2.20. The maximum atomic E-state index is 12.4. The monoisotopic (exact) mass is 402 g/mol. The molecule has 4 rings (SSSR count). The summed E-state index contributed by atoms with van der Waals surface area (Å²) < 4.78 is 12.4. The predicted octanol–water partition coefficient (Wildman–Crippen LogP) is 4.62. The van der Waals surface area contributed by atoms with E-state index in [-0.39, 0.29) is 12.5 Å². The van der Waals surface area contributed by atoms with E-state index in [0.717, 1.165) is 28.5 Å². The normalized spacial score (nSPS) is 10.9. The summed E-state index contributed by atoms with van der Waals surface area (Å²) in [6.07, 6.45) is 0. The van der Waals surface area contributed by atoms with E-state index in [0.29, 0.717) is 11.3 Å². The van der Waals surface area contributed by atoms with E-state index >= 15 is 0 Å². The molecule has 1 N–H and O–H groups in total. The second kappa shape index (κ2) is 8.29. The summed E-state index contributed by atoms with van der Waals surface area (Å²) in [5.74, 6) is -0.177. The SMILES string of the molecule is CCn1c2ccccc2c2cc(NC(=O)COc3ccc(C(=O)OC)cc3)ccc21. The summed E-state index contributed by atoms with van der Waals surface area (Å²) in [5.41, 5.74) is 3.46. The molecule has 0 fully saturated rings. The summed E-state index contributed by atoms with van der Waals surface area (Å²) in [6.45, 7) is 2.86. The number of nitrogens with zero attached hydrogens (tertiary/aromatic N) is 1. The first-order chi connectivity index (χ1) is 14.6. The number of benzene rings is 3. The second-order valence-corrected chi connectivity index (χ2v) is 6.85. The van der Waals surface area contributed by atoms with Crippen molar-refractivity contribution in [1.29, 1.82) is 0 Å². The minimum atomic E-state index is -0.417. The quantitative estimate of drug-likeness (QED) is 0.478. The average molecular weight is 402 g/mol. The van der Waals surface area contributed by atoms with Crippen molar-refractivity contribution >= 4 is 39.4 Å². The molecule has 0 unspecified atom stereocenters. The Morgan fingerprint density at radius 1 is 0.933 bits per heavy atom. The van der Waals surface area contributed by atoms with Gasteiger partial charge in [0.25, 0.3) is 5.91 Å². The minimum Gasteiger partial charge on any atom is -0.484 e. The van der Waals surface area contributed by atoms with Crippen molar-refractivity contribution in [1.82, 2.24) is 4.57 Å². The van der Waals surface area contributed by atoms with Crippen molar-refractivity contribution in [3.8, 4) is 5.75 Å². The highest BCUT2D eigenvalue weighted by Crippen LogP contribution is 2.31. The number of carbonyl (C=O) groups is 2. The molecule has 0 radical (unpaired) electrons. The lowest BCUT2D eigenvalue weighted by molar-refractivity contribution is -0.118. The van der Waals surface area contributed by atoms with Crippen molar-refractivity contribution in [3.05, 3.63) is 72.3 Å². The average Bonchev–Trinajstić information content (AvgIpc) is 3.10. The number of hydrogen-bond acceptors (Lipinski definition) is 4. The van der Waals surface area contributed by atoms with Gasteiger partial charge in [0.2, 0.25) is 0 Å². The molecule has 0 saturated heterocycles. The fraction of sp³-hybridized carbons (Fsp3) is 0.167. The van der Waals surface area contributed by atoms with Crippen LogP contribution in [-0.2, 0) is 16.1 Å². The van der Waals surface area contributed by atoms with Crippen LogP contribution >= 0.6 is 0 Å². The number of aromatic nitrogens is 1. The maximum absolute atomic E-state index is 12.4. The third kappa shape index (κ3) is 3.72. The van der Waals surface area contributed by atoms with E-state index in [1.807, 2.05) is 30.3 Å². The van der Waals surface area contributed by atoms with Gasteiger partial charge in [-0.25, -0.2) is 4.79 Å². The van der Waals surface area contributed by atoms with E-state index in [1.54, 1.807) is 24.3 Å². The molecule has 0 spiro atoms. The molecule has 0 saturated carbocycles. The Labute approximate surface area is 174 Å². The number of hydrogen-bond donors (Lipinski definition) is 1. The van der Waals surface area contributed by atoms with Crippen LogP contribution in [0.1, 0.15) is 17.3 Å². The molecule has 1 heterocycles. The third-order valence-corrected chi connectivity index (χ3v) is 5.02. The maximum Gasteiger partial charge on any atom is 0.337 e. The summed E-state index contributed by atoms with van der Waals surface area (Å²) in [4.78, 5) is 23.8. The molecule has 0 aliphatic carbocycles. The summed E-state index contributed by atoms with van der Waals surface area (Å²) in [7, 11) is 1.33. The Kier molecular flexibility index (Phi) is 5.39. The Bertz CT molecular complexity index is 1230. The molecule has 3 aromatic carbocycles. The molecule has 0 aliphatic heterocycles. The number of fused-ring (bicyclic) bond motifs is 3. The molecule has 30 heavy (non-hydrogen) atoms. The zero-order chi connectivity index (χ0) is 21.1. The number of methoxy groups -OCH3 is 1. The largest absolute Gasteiger partial charge is 0.484 e. The number of carbonyl (C=O) groups excluding carboxylic acids is 2. The van der Waals surface area contributed by atoms with Gasteiger partial charge < -0.3 is 19.4 Å². The Hall–Kier alpha value is -3.80. The molecular formula is C24H22N2O4. The van der Waals surface area contributed by atoms with Crippen LogP contribution in [-0.4, -0.2) is 30.2 Å². The highest BCUT2D eigenvalue weighted by molar-refractivity contribution is 6.09. The van der Waals surface area contributed by atoms with Crippen LogP contribution in [0.2, 0.25) is 0 Å². The highest BCUT2D eigenvalue weighted by atomic mass is 16.5. The van der Waals surface area contributed by atoms with E-state index in [2.05, 4.69) is 33.7 Å². The van der Waals surface area contributed by atoms with E-state index in [4.69, 9.17) is 4.74 Å². The van der Waals surface area contributed by atoms with Gasteiger partial charge in [0, 0.05) is 34.0 Å². The number of nitrogens with one attached hydrogen (secondary N) is 1. The first-order valence-electron chi connectivity index (χ1n) is 9.72. The number of esters is 1. The zero-order valence-electron chi connectivity index (χ0n) is 16.8. The minimum absolute atomic E-state index is 0.133. The fourth-order valence-electron chi connectivity index (χ4n) is 3.62. The number of para-hydroxylation sites is 1. The Morgan fingerprint density at radius 2 is 1.67 bits per heavy atom. The molecule has 1 amide bonds. The van der Waals surface area contributed by atoms with Crippen molar-refractivity contribution in [2.45, 2.75) is 13.5 Å². The number of anilines is 1. The molecule has 4 aromatic rings. The van der Waals surface area contributed by atoms with E-state index in [1.165, 1.54) is 12.6 Å². The summed E-state index contributed by atoms with van der Waals surface area (Å²) in [6, 6.07) is 20.6. The van der Waals surface area contributed by atoms with Crippen LogP contribution in [0.3, 0.4) is 0 Å². The van der Waals surface area contributed by atoms with Crippen molar-refractivity contribution < 1.29 is 19.1 Å². The number of rotatable bonds is 6. The van der Waals surface area contributed by atoms with E-state index < -0.39 is 5.97 Å². The van der Waals surface area contributed by atoms with Crippen LogP contribution in [0.25, 0.3) is 21.8 Å². The van der Waals surface area contributed by atoms with Gasteiger partial charge in [-0.05, 0) is 55.5 Å². The van der Waals surface area contributed by atoms with Crippen molar-refractivity contribution in [2.24, 2.45) is 0 Å². The lowest BCUT2D eigenvalue weighted by Gasteiger charge is -2.09. The van der Waals surface area contributed by atoms with Gasteiger partial charge in [-0.3, -0.25) is 4.79 Å². The Morgan fingerprint density at radius 3 is 2.40 bits per heavy atom. The van der Waals surface area contributed by atoms with Gasteiger partial charge in [-0.1, -0.05) is 18.2 Å². The lowest BCUT2D eigenvalue weighted by atomic mass is 10.1. The fourth-order valence-corrected chi connectivity index (χ4v) is 3.62. The summed E-state index contributed by atoms with van der Waals surface area (Å²) >= 11 is 0. The topological polar surface area (TPSA) is 69.6 Å². The predicted molar refractivity (Wildman–Crippen MR) is 117 cm³/mol. The van der Waals surface area contributed by atoms with Gasteiger partial charge in [0.1, 0.15) is 5.75 Å². The van der Waals surface area contributed by atoms with Gasteiger partial charge in [0.05, 0.1) is 12.7 Å². The first-order valence-corrected chi connectivity index (χ1v) is 9.72. The number of amides is 1. The number of aryl methyl sites for hydroxylation is 1. The van der Waals surface area contributed by atoms with Gasteiger partial charge >= 0.3 is 5.97 Å². The van der Waals surface area contributed by atoms with Crippen LogP contribution in [0.15, 0.2) is 66.7 Å². The number of ether oxygens (including phenoxy) is 2. The molecule has 0 atom stereocenters. The van der Waals surface area contributed by atoms with Crippen LogP contribution in [0.5, 0.6) is 5.75 Å². The molecule has 0 aliphatic rings. The standard InChI is InChI=1S/C24H22N2O4/c1-3-26-21-7-5-4-6-19(21)20-14-17(10-13-22(20)26)25-23(27)15-30-18-11-8-16(9-12-18)24(28)29-2/h4-14H,3,15H2,1-2H3,(H,25,27). The molecule has 0 bridgehead atoms.